The van der Waals surface area contributed by atoms with Crippen LogP contribution in [0.5, 0.6) is 0 Å². The molecule has 0 amide bonds. The van der Waals surface area contributed by atoms with E-state index in [4.69, 9.17) is 0 Å². The molecule has 0 spiro atoms. The van der Waals surface area contributed by atoms with Crippen LogP contribution in [0.1, 0.15) is 11.6 Å². The molecule has 0 fully saturated rings. The van der Waals surface area contributed by atoms with E-state index in [-0.39, 0.29) is 11.9 Å². The Morgan fingerprint density at radius 2 is 1.89 bits per heavy atom. The maximum atomic E-state index is 13.6. The molecule has 92 valence electrons. The zero-order valence-electron chi connectivity index (χ0n) is 9.58. The molecule has 0 aromatic heterocycles. The molecule has 2 aromatic carbocycles. The molecule has 3 rings (SSSR count). The molecule has 1 heterocycles. The summed E-state index contributed by atoms with van der Waals surface area (Å²) in [4.78, 5) is 0. The molecule has 1 atom stereocenters. The quantitative estimate of drug-likeness (QED) is 0.757. The molecule has 2 aromatic rings. The third-order valence-electron chi connectivity index (χ3n) is 3.09. The van der Waals surface area contributed by atoms with Gasteiger partial charge in [-0.1, -0.05) is 30.3 Å². The van der Waals surface area contributed by atoms with Gasteiger partial charge in [0.1, 0.15) is 5.82 Å². The fourth-order valence-corrected chi connectivity index (χ4v) is 2.62. The summed E-state index contributed by atoms with van der Waals surface area (Å²) in [6.45, 7) is 0.804. The fourth-order valence-electron chi connectivity index (χ4n) is 2.15. The van der Waals surface area contributed by atoms with E-state index in [0.717, 1.165) is 17.9 Å². The molecule has 0 radical (unpaired) electrons. The molecule has 2 nitrogen and oxygen atoms in total. The van der Waals surface area contributed by atoms with Crippen molar-refractivity contribution in [3.05, 3.63) is 57.4 Å². The predicted molar refractivity (Wildman–Crippen MR) is 80.4 cm³/mol. The van der Waals surface area contributed by atoms with Crippen LogP contribution in [0.15, 0.2) is 42.5 Å². The first-order chi connectivity index (χ1) is 8.74. The highest BCUT2D eigenvalue weighted by molar-refractivity contribution is 14.1. The Kier molecular flexibility index (Phi) is 3.11. The number of nitrogens with one attached hydrogen (secondary N) is 2. The first-order valence-corrected chi connectivity index (χ1v) is 6.86. The summed E-state index contributed by atoms with van der Waals surface area (Å²) >= 11 is 2.00. The van der Waals surface area contributed by atoms with Gasteiger partial charge >= 0.3 is 0 Å². The minimum absolute atomic E-state index is 0.179. The number of benzene rings is 2. The van der Waals surface area contributed by atoms with Gasteiger partial charge in [-0.2, -0.15) is 0 Å². The molecule has 1 aliphatic rings. The van der Waals surface area contributed by atoms with Gasteiger partial charge in [0.25, 0.3) is 0 Å². The molecule has 1 unspecified atom stereocenters. The molecule has 1 aliphatic heterocycles. The van der Waals surface area contributed by atoms with Gasteiger partial charge in [-0.25, -0.2) is 4.39 Å². The average molecular weight is 354 g/mol. The lowest BCUT2D eigenvalue weighted by Gasteiger charge is -2.29. The fraction of sp³-hybridized carbons (Fsp3) is 0.143. The second-order valence-corrected chi connectivity index (χ2v) is 5.46. The van der Waals surface area contributed by atoms with Crippen molar-refractivity contribution in [3.63, 3.8) is 0 Å². The number of anilines is 2. The molecule has 0 bridgehead atoms. The third-order valence-corrected chi connectivity index (χ3v) is 3.92. The topological polar surface area (TPSA) is 24.1 Å². The summed E-state index contributed by atoms with van der Waals surface area (Å²) in [6.07, 6.45) is 0. The highest BCUT2D eigenvalue weighted by atomic mass is 127. The van der Waals surface area contributed by atoms with E-state index >= 15 is 0 Å². The number of halogens is 2. The van der Waals surface area contributed by atoms with E-state index in [1.165, 1.54) is 5.56 Å². The van der Waals surface area contributed by atoms with Gasteiger partial charge < -0.3 is 10.6 Å². The largest absolute Gasteiger partial charge is 0.381 e. The van der Waals surface area contributed by atoms with E-state index in [1.54, 1.807) is 6.07 Å². The molecular formula is C14H12FIN2. The van der Waals surface area contributed by atoms with Crippen molar-refractivity contribution in [2.75, 3.05) is 17.2 Å². The number of hydrogen-bond acceptors (Lipinski definition) is 2. The molecule has 4 heteroatoms. The van der Waals surface area contributed by atoms with Crippen LogP contribution < -0.4 is 10.6 Å². The normalized spacial score (nSPS) is 17.6. The maximum Gasteiger partial charge on any atom is 0.138 e. The Labute approximate surface area is 119 Å². The molecule has 0 saturated carbocycles. The summed E-state index contributed by atoms with van der Waals surface area (Å²) < 4.78 is 14.2. The van der Waals surface area contributed by atoms with Crippen molar-refractivity contribution in [2.24, 2.45) is 0 Å². The van der Waals surface area contributed by atoms with E-state index in [1.807, 2.05) is 46.9 Å². The lowest BCUT2D eigenvalue weighted by Crippen LogP contribution is -2.26. The molecular weight excluding hydrogens is 342 g/mol. The van der Waals surface area contributed by atoms with Crippen LogP contribution in [0.2, 0.25) is 0 Å². The lowest BCUT2D eigenvalue weighted by molar-refractivity contribution is 0.619. The Hall–Kier alpha value is -1.30. The van der Waals surface area contributed by atoms with Crippen molar-refractivity contribution in [3.8, 4) is 0 Å². The van der Waals surface area contributed by atoms with Crippen molar-refractivity contribution in [1.82, 2.24) is 0 Å². The monoisotopic (exact) mass is 354 g/mol. The van der Waals surface area contributed by atoms with Gasteiger partial charge in [0.15, 0.2) is 0 Å². The van der Waals surface area contributed by atoms with Crippen molar-refractivity contribution in [1.29, 1.82) is 0 Å². The first kappa shape index (κ1) is 11.8. The van der Waals surface area contributed by atoms with Crippen molar-refractivity contribution >= 4 is 34.0 Å². The number of rotatable bonds is 1. The van der Waals surface area contributed by atoms with Crippen LogP contribution in [0.3, 0.4) is 0 Å². The van der Waals surface area contributed by atoms with E-state index in [9.17, 15) is 4.39 Å². The van der Waals surface area contributed by atoms with E-state index < -0.39 is 0 Å². The van der Waals surface area contributed by atoms with Crippen LogP contribution >= 0.6 is 22.6 Å². The van der Waals surface area contributed by atoms with Crippen LogP contribution in [0.4, 0.5) is 15.8 Å². The van der Waals surface area contributed by atoms with Gasteiger partial charge in [-0.05, 0) is 34.2 Å². The summed E-state index contributed by atoms with van der Waals surface area (Å²) in [5, 5.41) is 6.72. The average Bonchev–Trinajstić information content (AvgIpc) is 2.41. The Bertz CT molecular complexity index is 572. The van der Waals surface area contributed by atoms with Crippen molar-refractivity contribution < 1.29 is 4.39 Å². The number of hydrogen-bond donors (Lipinski definition) is 2. The second kappa shape index (κ2) is 4.76. The van der Waals surface area contributed by atoms with Gasteiger partial charge in [0.05, 0.1) is 21.0 Å². The molecule has 2 N–H and O–H groups in total. The van der Waals surface area contributed by atoms with Crippen molar-refractivity contribution in [2.45, 2.75) is 6.04 Å². The second-order valence-electron chi connectivity index (χ2n) is 4.30. The summed E-state index contributed by atoms with van der Waals surface area (Å²) in [6, 6.07) is 13.7. The Morgan fingerprint density at radius 1 is 1.11 bits per heavy atom. The minimum Gasteiger partial charge on any atom is -0.381 e. The summed E-state index contributed by atoms with van der Waals surface area (Å²) in [5.41, 5.74) is 3.00. The first-order valence-electron chi connectivity index (χ1n) is 5.78. The van der Waals surface area contributed by atoms with Crippen LogP contribution in [-0.2, 0) is 0 Å². The predicted octanol–water partition coefficient (Wildman–Crippen LogP) is 4.01. The molecule has 0 saturated heterocycles. The smallest absolute Gasteiger partial charge is 0.138 e. The zero-order chi connectivity index (χ0) is 12.5. The Balaban J connectivity index is 1.92. The highest BCUT2D eigenvalue weighted by Gasteiger charge is 2.19. The number of fused-ring (bicyclic) bond motifs is 1. The minimum atomic E-state index is -0.183. The van der Waals surface area contributed by atoms with E-state index in [0.29, 0.717) is 3.57 Å². The molecule has 0 aliphatic carbocycles. The third kappa shape index (κ3) is 2.16. The zero-order valence-corrected chi connectivity index (χ0v) is 11.7. The standard InChI is InChI=1S/C14H12FIN2/c15-10-6-13-12(7-11(10)16)17-8-14(18-13)9-4-2-1-3-5-9/h1-7,14,17-18H,8H2. The van der Waals surface area contributed by atoms with Gasteiger partial charge in [0.2, 0.25) is 0 Å². The lowest BCUT2D eigenvalue weighted by atomic mass is 10.0. The summed E-state index contributed by atoms with van der Waals surface area (Å²) in [7, 11) is 0. The van der Waals surface area contributed by atoms with Crippen LogP contribution in [0, 0.1) is 9.39 Å². The van der Waals surface area contributed by atoms with Gasteiger partial charge in [0, 0.05) is 12.6 Å². The van der Waals surface area contributed by atoms with Crippen LogP contribution in [0.25, 0.3) is 0 Å². The van der Waals surface area contributed by atoms with Gasteiger partial charge in [-0.3, -0.25) is 0 Å². The van der Waals surface area contributed by atoms with E-state index in [2.05, 4.69) is 22.8 Å². The maximum absolute atomic E-state index is 13.6. The highest BCUT2D eigenvalue weighted by Crippen LogP contribution is 2.33. The Morgan fingerprint density at radius 3 is 2.67 bits per heavy atom. The summed E-state index contributed by atoms with van der Waals surface area (Å²) in [5.74, 6) is -0.183. The SMILES string of the molecule is Fc1cc2c(cc1I)NCC(c1ccccc1)N2. The molecule has 18 heavy (non-hydrogen) atoms. The van der Waals surface area contributed by atoms with Crippen LogP contribution in [-0.4, -0.2) is 6.54 Å². The van der Waals surface area contributed by atoms with Gasteiger partial charge in [-0.15, -0.1) is 0 Å².